The molecule has 1 saturated carbocycles. The van der Waals surface area contributed by atoms with Gasteiger partial charge in [0.2, 0.25) is 11.8 Å². The Bertz CT molecular complexity index is 804. The molecule has 0 radical (unpaired) electrons. The maximum absolute atomic E-state index is 12.3. The monoisotopic (exact) mass is 368 g/mol. The zero-order chi connectivity index (χ0) is 19.2. The predicted molar refractivity (Wildman–Crippen MR) is 101 cm³/mol. The first-order chi connectivity index (χ1) is 13.1. The van der Waals surface area contributed by atoms with Crippen LogP contribution in [0.2, 0.25) is 0 Å². The maximum atomic E-state index is 12.3. The molecule has 2 aromatic rings. The second-order valence-corrected chi connectivity index (χ2v) is 6.54. The minimum absolute atomic E-state index is 0.0803. The number of rotatable bonds is 8. The van der Waals surface area contributed by atoms with E-state index in [-0.39, 0.29) is 23.7 Å². The third-order valence-corrected chi connectivity index (χ3v) is 4.74. The molecule has 0 spiro atoms. The molecule has 2 unspecified atom stereocenters. The van der Waals surface area contributed by atoms with Gasteiger partial charge in [-0.2, -0.15) is 0 Å². The SMILES string of the molecule is COc1ccc(CNC(=O)C2CC2C(=O)NCc2ccccc2OC)cc1. The fraction of sp³-hybridized carbons (Fsp3) is 0.333. The minimum atomic E-state index is -0.254. The van der Waals surface area contributed by atoms with Crippen LogP contribution in [0.3, 0.4) is 0 Å². The van der Waals surface area contributed by atoms with Crippen molar-refractivity contribution in [2.45, 2.75) is 19.5 Å². The number of carbonyl (C=O) groups is 2. The summed E-state index contributed by atoms with van der Waals surface area (Å²) in [4.78, 5) is 24.5. The van der Waals surface area contributed by atoms with Gasteiger partial charge in [0.25, 0.3) is 0 Å². The largest absolute Gasteiger partial charge is 0.497 e. The average molecular weight is 368 g/mol. The Morgan fingerprint density at radius 3 is 2.15 bits per heavy atom. The molecule has 142 valence electrons. The Labute approximate surface area is 158 Å². The number of benzene rings is 2. The van der Waals surface area contributed by atoms with E-state index in [0.717, 1.165) is 22.6 Å². The number of carbonyl (C=O) groups excluding carboxylic acids is 2. The van der Waals surface area contributed by atoms with Gasteiger partial charge >= 0.3 is 0 Å². The Kier molecular flexibility index (Phi) is 5.96. The summed E-state index contributed by atoms with van der Waals surface area (Å²) in [7, 11) is 3.22. The lowest BCUT2D eigenvalue weighted by Crippen LogP contribution is -2.29. The number of methoxy groups -OCH3 is 2. The van der Waals surface area contributed by atoms with Crippen LogP contribution in [0.15, 0.2) is 48.5 Å². The highest BCUT2D eigenvalue weighted by molar-refractivity contribution is 5.92. The van der Waals surface area contributed by atoms with E-state index in [1.165, 1.54) is 0 Å². The third-order valence-electron chi connectivity index (χ3n) is 4.74. The molecule has 0 bridgehead atoms. The summed E-state index contributed by atoms with van der Waals surface area (Å²) in [6, 6.07) is 15.1. The molecule has 3 rings (SSSR count). The van der Waals surface area contributed by atoms with E-state index in [4.69, 9.17) is 9.47 Å². The normalized spacial score (nSPS) is 17.7. The summed E-state index contributed by atoms with van der Waals surface area (Å²) in [5.74, 6) is 0.840. The molecule has 0 saturated heterocycles. The second kappa shape index (κ2) is 8.58. The minimum Gasteiger partial charge on any atom is -0.497 e. The van der Waals surface area contributed by atoms with Crippen LogP contribution in [0.1, 0.15) is 17.5 Å². The molecule has 2 amide bonds. The first kappa shape index (κ1) is 18.8. The molecule has 1 aliphatic carbocycles. The summed E-state index contributed by atoms with van der Waals surface area (Å²) in [6.45, 7) is 0.828. The second-order valence-electron chi connectivity index (χ2n) is 6.54. The van der Waals surface area contributed by atoms with Crippen LogP contribution in [0.5, 0.6) is 11.5 Å². The Morgan fingerprint density at radius 1 is 0.889 bits per heavy atom. The number of hydrogen-bond acceptors (Lipinski definition) is 4. The van der Waals surface area contributed by atoms with Gasteiger partial charge in [-0.25, -0.2) is 0 Å². The maximum Gasteiger partial charge on any atom is 0.224 e. The van der Waals surface area contributed by atoms with Crippen molar-refractivity contribution >= 4 is 11.8 Å². The average Bonchev–Trinajstić information content (AvgIpc) is 3.52. The molecule has 2 aromatic carbocycles. The lowest BCUT2D eigenvalue weighted by atomic mass is 10.2. The quantitative estimate of drug-likeness (QED) is 0.749. The lowest BCUT2D eigenvalue weighted by molar-refractivity contribution is -0.127. The molecular weight excluding hydrogens is 344 g/mol. The standard InChI is InChI=1S/C21H24N2O4/c1-26-16-9-7-14(8-10-16)12-22-20(24)17-11-18(17)21(25)23-13-15-5-3-4-6-19(15)27-2/h3-10,17-18H,11-13H2,1-2H3,(H,22,24)(H,23,25). The molecular formula is C21H24N2O4. The topological polar surface area (TPSA) is 76.7 Å². The van der Waals surface area contributed by atoms with Gasteiger partial charge in [0.1, 0.15) is 11.5 Å². The summed E-state index contributed by atoms with van der Waals surface area (Å²) in [5.41, 5.74) is 1.90. The Balaban J connectivity index is 1.43. The van der Waals surface area contributed by atoms with Gasteiger partial charge < -0.3 is 20.1 Å². The Morgan fingerprint density at radius 2 is 1.52 bits per heavy atom. The summed E-state index contributed by atoms with van der Waals surface area (Å²) < 4.78 is 10.4. The highest BCUT2D eigenvalue weighted by Gasteiger charge is 2.47. The van der Waals surface area contributed by atoms with Gasteiger partial charge in [-0.1, -0.05) is 30.3 Å². The predicted octanol–water partition coefficient (Wildman–Crippen LogP) is 2.27. The molecule has 1 fully saturated rings. The van der Waals surface area contributed by atoms with Gasteiger partial charge in [-0.15, -0.1) is 0 Å². The highest BCUT2D eigenvalue weighted by atomic mass is 16.5. The summed E-state index contributed by atoms with van der Waals surface area (Å²) in [6.07, 6.45) is 0.589. The van der Waals surface area contributed by atoms with Crippen molar-refractivity contribution in [3.8, 4) is 11.5 Å². The summed E-state index contributed by atoms with van der Waals surface area (Å²) in [5, 5.41) is 5.79. The molecule has 1 aliphatic rings. The van der Waals surface area contributed by atoms with E-state index in [1.807, 2.05) is 48.5 Å². The van der Waals surface area contributed by atoms with E-state index in [9.17, 15) is 9.59 Å². The number of nitrogens with one attached hydrogen (secondary N) is 2. The van der Waals surface area contributed by atoms with Crippen LogP contribution in [0.25, 0.3) is 0 Å². The number of para-hydroxylation sites is 1. The van der Waals surface area contributed by atoms with Crippen LogP contribution in [0.4, 0.5) is 0 Å². The fourth-order valence-electron chi connectivity index (χ4n) is 3.00. The van der Waals surface area contributed by atoms with Crippen molar-refractivity contribution < 1.29 is 19.1 Å². The van der Waals surface area contributed by atoms with Gasteiger partial charge in [-0.05, 0) is 30.2 Å². The van der Waals surface area contributed by atoms with E-state index in [0.29, 0.717) is 19.5 Å². The molecule has 0 aliphatic heterocycles. The van der Waals surface area contributed by atoms with Crippen molar-refractivity contribution in [2.75, 3.05) is 14.2 Å². The molecule has 0 heterocycles. The molecule has 6 heteroatoms. The molecule has 6 nitrogen and oxygen atoms in total. The first-order valence-corrected chi connectivity index (χ1v) is 8.92. The van der Waals surface area contributed by atoms with Crippen LogP contribution >= 0.6 is 0 Å². The molecule has 2 atom stereocenters. The lowest BCUT2D eigenvalue weighted by Gasteiger charge is -2.09. The van der Waals surface area contributed by atoms with Crippen molar-refractivity contribution in [3.05, 3.63) is 59.7 Å². The van der Waals surface area contributed by atoms with Crippen molar-refractivity contribution in [1.82, 2.24) is 10.6 Å². The van der Waals surface area contributed by atoms with Gasteiger partial charge in [-0.3, -0.25) is 9.59 Å². The van der Waals surface area contributed by atoms with E-state index in [2.05, 4.69) is 10.6 Å². The van der Waals surface area contributed by atoms with Crippen molar-refractivity contribution in [3.63, 3.8) is 0 Å². The van der Waals surface area contributed by atoms with Crippen molar-refractivity contribution in [2.24, 2.45) is 11.8 Å². The van der Waals surface area contributed by atoms with Gasteiger partial charge in [0.05, 0.1) is 26.1 Å². The zero-order valence-electron chi connectivity index (χ0n) is 15.5. The van der Waals surface area contributed by atoms with Gasteiger partial charge in [0.15, 0.2) is 0 Å². The van der Waals surface area contributed by atoms with Gasteiger partial charge in [0, 0.05) is 18.7 Å². The van der Waals surface area contributed by atoms with Crippen LogP contribution in [0, 0.1) is 11.8 Å². The first-order valence-electron chi connectivity index (χ1n) is 8.92. The van der Waals surface area contributed by atoms with Crippen LogP contribution < -0.4 is 20.1 Å². The van der Waals surface area contributed by atoms with Crippen molar-refractivity contribution in [1.29, 1.82) is 0 Å². The van der Waals surface area contributed by atoms with Crippen LogP contribution in [-0.2, 0) is 22.7 Å². The number of ether oxygens (including phenoxy) is 2. The van der Waals surface area contributed by atoms with E-state index < -0.39 is 0 Å². The molecule has 0 aromatic heterocycles. The number of amides is 2. The third kappa shape index (κ3) is 4.78. The molecule has 2 N–H and O–H groups in total. The number of hydrogen-bond donors (Lipinski definition) is 2. The zero-order valence-corrected chi connectivity index (χ0v) is 15.5. The fourth-order valence-corrected chi connectivity index (χ4v) is 3.00. The summed E-state index contributed by atoms with van der Waals surface area (Å²) >= 11 is 0. The van der Waals surface area contributed by atoms with Crippen LogP contribution in [-0.4, -0.2) is 26.0 Å². The van der Waals surface area contributed by atoms with E-state index in [1.54, 1.807) is 14.2 Å². The Hall–Kier alpha value is -3.02. The highest BCUT2D eigenvalue weighted by Crippen LogP contribution is 2.39. The van der Waals surface area contributed by atoms with E-state index >= 15 is 0 Å². The molecule has 27 heavy (non-hydrogen) atoms. The smallest absolute Gasteiger partial charge is 0.224 e.